The van der Waals surface area contributed by atoms with Gasteiger partial charge in [-0.25, -0.2) is 0 Å². The summed E-state index contributed by atoms with van der Waals surface area (Å²) >= 11 is 0. The third kappa shape index (κ3) is 12.4. The molecule has 0 aromatic rings. The molecule has 6 heterocycles. The van der Waals surface area contributed by atoms with E-state index in [1.807, 2.05) is 0 Å². The van der Waals surface area contributed by atoms with E-state index >= 15 is 4.79 Å². The number of ether oxygens (including phenoxy) is 12. The average Bonchev–Trinajstić information content (AvgIpc) is 0.677. The van der Waals surface area contributed by atoms with Gasteiger partial charge in [-0.1, -0.05) is 58.4 Å². The first-order valence-corrected chi connectivity index (χ1v) is 33.3. The second kappa shape index (κ2) is 27.6. The number of aliphatic hydroxyl groups excluding tert-OH is 17. The number of hydrogen-bond donors (Lipinski definition) is 17. The van der Waals surface area contributed by atoms with Gasteiger partial charge in [-0.2, -0.15) is 0 Å². The topological polar surface area (TPSA) is 472 Å². The van der Waals surface area contributed by atoms with E-state index in [1.54, 1.807) is 0 Å². The largest absolute Gasteiger partial charge is 0.432 e. The summed E-state index contributed by atoms with van der Waals surface area (Å²) in [4.78, 5) is 15.2. The Bertz CT molecular complexity index is 2670. The Morgan fingerprint density at radius 2 is 1.07 bits per heavy atom. The normalized spacial score (nSPS) is 54.5. The molecule has 17 N–H and O–H groups in total. The van der Waals surface area contributed by atoms with Crippen LogP contribution in [0.25, 0.3) is 0 Å². The van der Waals surface area contributed by atoms with Gasteiger partial charge in [-0.3, -0.25) is 4.79 Å². The highest BCUT2D eigenvalue weighted by atomic mass is 16.8. The van der Waals surface area contributed by atoms with Crippen molar-refractivity contribution in [3.05, 3.63) is 23.8 Å². The molecule has 0 aromatic carbocycles. The first kappa shape index (κ1) is 73.1. The van der Waals surface area contributed by atoms with Crippen molar-refractivity contribution in [3.63, 3.8) is 0 Å². The fraction of sp³-hybridized carbons (Fsp3) is 0.922. The van der Waals surface area contributed by atoms with Crippen LogP contribution < -0.4 is 0 Å². The SMILES string of the molecule is C=C1CC[C@]2(C(=O)O[C@@H]3O[C@H](CO[C@@H]4O[C@H](CO)[C@@H](O[C@@H]5O[C@@H](C)[C@H](O)[C@@H](O)[C@H]5O)[C@H](O)[C@H]4O)[C@@H](O)[C@H](O)[C@H]3O)CC[C@]3(C)C(=CC[C@@H]4[C@@]5(C)CC[C@H](O[C@@H]6OC[C@H](O)[C@H](O)[C@H]6O[C@@H]6O[C@@H](C)[C@H](O)[C@@H](O)[C@H]6O[C@@H]6O[C@H](CO)[C@H](O)[C@H](O)[C@H]6O)C(C)(C)[C@@H]5CC[C@]43C)[C@@H]2C1. The summed E-state index contributed by atoms with van der Waals surface area (Å²) in [5, 5.41) is 184. The van der Waals surface area contributed by atoms with Gasteiger partial charge in [-0.15, -0.1) is 0 Å². The lowest BCUT2D eigenvalue weighted by Crippen LogP contribution is -2.66. The monoisotopic (exact) mass is 1350 g/mol. The Morgan fingerprint density at radius 3 is 1.74 bits per heavy atom. The minimum Gasteiger partial charge on any atom is -0.432 e. The van der Waals surface area contributed by atoms with Crippen LogP contribution in [0.3, 0.4) is 0 Å². The zero-order chi connectivity index (χ0) is 68.4. The number of allylic oxidation sites excluding steroid dienone is 3. The van der Waals surface area contributed by atoms with Gasteiger partial charge in [0.1, 0.15) is 128 Å². The molecule has 0 unspecified atom stereocenters. The third-order valence-corrected chi connectivity index (χ3v) is 24.6. The summed E-state index contributed by atoms with van der Waals surface area (Å²) in [6.07, 6.45) is -39.4. The Balaban J connectivity index is 0.763. The summed E-state index contributed by atoms with van der Waals surface area (Å²) in [5.41, 5.74) is -0.522. The van der Waals surface area contributed by atoms with Crippen LogP contribution in [0.5, 0.6) is 0 Å². The van der Waals surface area contributed by atoms with Gasteiger partial charge in [0.15, 0.2) is 31.5 Å². The van der Waals surface area contributed by atoms with E-state index in [2.05, 4.69) is 47.3 Å². The molecule has 4 saturated carbocycles. The van der Waals surface area contributed by atoms with Crippen LogP contribution in [0.15, 0.2) is 23.8 Å². The Morgan fingerprint density at radius 1 is 0.532 bits per heavy atom. The molecule has 11 rings (SSSR count). The molecular formula is C64H102O30. The van der Waals surface area contributed by atoms with Crippen LogP contribution in [-0.2, 0) is 61.6 Å². The van der Waals surface area contributed by atoms with E-state index in [-0.39, 0.29) is 35.2 Å². The molecule has 6 aliphatic heterocycles. The molecule has 37 atom stereocenters. The highest BCUT2D eigenvalue weighted by molar-refractivity contribution is 5.79. The summed E-state index contributed by atoms with van der Waals surface area (Å²) < 4.78 is 71.8. The van der Waals surface area contributed by atoms with Crippen molar-refractivity contribution >= 4 is 5.97 Å². The summed E-state index contributed by atoms with van der Waals surface area (Å²) in [6, 6.07) is 0. The molecule has 30 heteroatoms. The quantitative estimate of drug-likeness (QED) is 0.0420. The lowest BCUT2D eigenvalue weighted by Gasteiger charge is -2.71. The maximum absolute atomic E-state index is 15.2. The van der Waals surface area contributed by atoms with Crippen molar-refractivity contribution in [2.24, 2.45) is 44.8 Å². The molecule has 5 aliphatic carbocycles. The van der Waals surface area contributed by atoms with Crippen molar-refractivity contribution in [2.45, 2.75) is 297 Å². The number of rotatable bonds is 15. The molecule has 0 spiro atoms. The van der Waals surface area contributed by atoms with Crippen LogP contribution in [0.2, 0.25) is 0 Å². The van der Waals surface area contributed by atoms with Gasteiger partial charge >= 0.3 is 5.97 Å². The summed E-state index contributed by atoms with van der Waals surface area (Å²) in [7, 11) is 0. The lowest BCUT2D eigenvalue weighted by atomic mass is 9.34. The van der Waals surface area contributed by atoms with E-state index in [4.69, 9.17) is 56.8 Å². The van der Waals surface area contributed by atoms with Gasteiger partial charge in [0.25, 0.3) is 0 Å². The fourth-order valence-corrected chi connectivity index (χ4v) is 18.5. The van der Waals surface area contributed by atoms with Gasteiger partial charge in [-0.05, 0) is 112 Å². The van der Waals surface area contributed by atoms with Crippen molar-refractivity contribution < 1.29 is 148 Å². The molecule has 538 valence electrons. The molecule has 0 amide bonds. The van der Waals surface area contributed by atoms with Crippen LogP contribution in [0.1, 0.15) is 113 Å². The summed E-state index contributed by atoms with van der Waals surface area (Å²) in [6.45, 7) is 16.1. The number of esters is 1. The molecular weight excluding hydrogens is 1250 g/mol. The molecule has 10 fully saturated rings. The van der Waals surface area contributed by atoms with Crippen LogP contribution >= 0.6 is 0 Å². The number of hydrogen-bond acceptors (Lipinski definition) is 30. The smallest absolute Gasteiger partial charge is 0.315 e. The Hall–Kier alpha value is -2.17. The second-order valence-electron chi connectivity index (χ2n) is 30.0. The second-order valence-corrected chi connectivity index (χ2v) is 30.0. The maximum atomic E-state index is 15.2. The predicted molar refractivity (Wildman–Crippen MR) is 315 cm³/mol. The van der Waals surface area contributed by atoms with E-state index in [9.17, 15) is 86.8 Å². The van der Waals surface area contributed by atoms with E-state index in [1.165, 1.54) is 13.8 Å². The zero-order valence-corrected chi connectivity index (χ0v) is 54.1. The van der Waals surface area contributed by atoms with Crippen molar-refractivity contribution in [3.8, 4) is 0 Å². The third-order valence-electron chi connectivity index (χ3n) is 24.6. The van der Waals surface area contributed by atoms with Gasteiger partial charge in [0, 0.05) is 5.92 Å². The molecule has 0 aromatic heterocycles. The Labute approximate surface area is 544 Å². The maximum Gasteiger partial charge on any atom is 0.315 e. The fourth-order valence-electron chi connectivity index (χ4n) is 18.5. The van der Waals surface area contributed by atoms with E-state index in [0.29, 0.717) is 44.9 Å². The standard InChI is InChI=1S/C64H102O30/c1-24-11-16-64(59(82)94-56-48(80)43(75)40(72)32(89-56)23-84-53-49(81)45(77)50(31(21-66)88-53)91-54-46(78)41(73)36(68)25(2)85-54)18-17-62(7)27(28(64)19-24)9-10-34-61(6)14-13-35(60(4,5)33(61)12-15-63(34,62)8)90-57-51(38(70)29(67)22-83-57)93-58-52(44(76)37(69)26(3)86-58)92-55-47(79)42(74)39(71)30(20-65)87-55/h9,25-26,28-58,65-81H,1,10-23H2,2-8H3/t25-,26-,28-,29-,30+,31+,32+,33-,34+,35-,36-,37-,38-,39-,40+,41+,42-,43-,44+,45+,46+,47+,48+,49+,50+,51+,52+,53+,54-,55-,56-,57-,58-,61-,62+,63+,64-/m0/s1. The van der Waals surface area contributed by atoms with Gasteiger partial charge in [0.2, 0.25) is 6.29 Å². The molecule has 11 aliphatic rings. The average molecular weight is 1350 g/mol. The van der Waals surface area contributed by atoms with Gasteiger partial charge < -0.3 is 144 Å². The number of carbonyl (C=O) groups excluding carboxylic acids is 1. The Kier molecular flexibility index (Phi) is 21.5. The lowest BCUT2D eigenvalue weighted by molar-refractivity contribution is -0.390. The molecule has 0 bridgehead atoms. The first-order chi connectivity index (χ1) is 44.2. The molecule has 0 radical (unpaired) electrons. The number of aliphatic hydroxyl groups is 17. The highest BCUT2D eigenvalue weighted by Gasteiger charge is 2.70. The van der Waals surface area contributed by atoms with Crippen molar-refractivity contribution in [1.29, 1.82) is 0 Å². The zero-order valence-electron chi connectivity index (χ0n) is 54.1. The van der Waals surface area contributed by atoms with E-state index < -0.39 is 226 Å². The van der Waals surface area contributed by atoms with Crippen molar-refractivity contribution in [1.82, 2.24) is 0 Å². The van der Waals surface area contributed by atoms with Gasteiger partial charge in [0.05, 0.1) is 50.2 Å². The highest BCUT2D eigenvalue weighted by Crippen LogP contribution is 2.76. The predicted octanol–water partition coefficient (Wildman–Crippen LogP) is -4.16. The van der Waals surface area contributed by atoms with Crippen molar-refractivity contribution in [2.75, 3.05) is 26.4 Å². The molecule has 6 saturated heterocycles. The first-order valence-electron chi connectivity index (χ1n) is 33.3. The van der Waals surface area contributed by atoms with Crippen LogP contribution in [0, 0.1) is 44.8 Å². The number of fused-ring (bicyclic) bond motifs is 7. The van der Waals surface area contributed by atoms with E-state index in [0.717, 1.165) is 30.4 Å². The van der Waals surface area contributed by atoms with Crippen LogP contribution in [-0.4, -0.2) is 303 Å². The molecule has 30 nitrogen and oxygen atoms in total. The minimum absolute atomic E-state index is 0.0768. The molecule has 94 heavy (non-hydrogen) atoms. The minimum atomic E-state index is -1.92. The summed E-state index contributed by atoms with van der Waals surface area (Å²) in [5.74, 6) is -0.794. The van der Waals surface area contributed by atoms with Crippen LogP contribution in [0.4, 0.5) is 0 Å². The number of carbonyl (C=O) groups is 1.